The third-order valence-electron chi connectivity index (χ3n) is 0. The van der Waals surface area contributed by atoms with E-state index in [1.807, 2.05) is 0 Å². The average molecular weight is 386 g/mol. The van der Waals surface area contributed by atoms with E-state index in [2.05, 4.69) is 0 Å². The van der Waals surface area contributed by atoms with Crippen LogP contribution in [0.5, 0.6) is 0 Å². The Hall–Kier alpha value is -0.787. The normalized spacial score (nSPS) is 0.857. The maximum Gasteiger partial charge on any atom is 6.00 e. The molecule has 0 unspecified atom stereocenters. The fourth-order valence-electron chi connectivity index (χ4n) is 0. The zero-order valence-corrected chi connectivity index (χ0v) is 12.7. The van der Waals surface area contributed by atoms with Crippen LogP contribution in [0, 0.1) is 71.0 Å². The van der Waals surface area contributed by atoms with Crippen molar-refractivity contribution in [3.63, 3.8) is 0 Å². The molecule has 0 fully saturated rings. The second-order valence-corrected chi connectivity index (χ2v) is 0. The average Bonchev–Trinajstić information content (AvgIpc) is 2.33. The molecule has 0 spiro atoms. The van der Waals surface area contributed by atoms with Gasteiger partial charge in [0.1, 0.15) is 0 Å². The number of rotatable bonds is 0. The van der Waals surface area contributed by atoms with E-state index in [-0.39, 0.29) is 72.6 Å². The van der Waals surface area contributed by atoms with E-state index in [0.717, 1.165) is 0 Å². The Morgan fingerprint density at radius 2 is 0.429 bits per heavy atom. The molecule has 0 rings (SSSR count). The van der Waals surface area contributed by atoms with Crippen LogP contribution >= 0.6 is 0 Å². The molecule has 0 saturated heterocycles. The monoisotopic (exact) mass is 388 g/mol. The van der Waals surface area contributed by atoms with Gasteiger partial charge in [-0.1, -0.05) is 0 Å². The van der Waals surface area contributed by atoms with E-state index in [1.165, 1.54) is 0 Å². The predicted molar refractivity (Wildman–Crippen MR) is 30.9 cm³/mol. The minimum absolute atomic E-state index is 0. The number of hydrogen-bond acceptors (Lipinski definition) is 6. The predicted octanol–water partition coefficient (Wildman–Crippen LogP) is -2.31. The largest absolute Gasteiger partial charge is 6.00 e. The molecule has 0 aliphatic rings. The van der Waals surface area contributed by atoms with Gasteiger partial charge in [-0.2, -0.15) is 0 Å². The molecule has 64 valence electrons. The summed E-state index contributed by atoms with van der Waals surface area (Å²) in [7, 11) is 0. The van der Waals surface area contributed by atoms with Crippen molar-refractivity contribution in [1.82, 2.24) is 0 Å². The molecule has 0 saturated carbocycles. The molecule has 0 aliphatic heterocycles. The standard InChI is InChI=1S/6CN.K.Os.H/c6*1-2;;;/q6*-1;+1;+6;-1. The molecule has 0 bridgehead atoms. The summed E-state index contributed by atoms with van der Waals surface area (Å²) in [5.41, 5.74) is 0. The first-order valence-corrected chi connectivity index (χ1v) is 1.34. The van der Waals surface area contributed by atoms with Crippen LogP contribution in [-0.2, 0) is 19.8 Å². The van der Waals surface area contributed by atoms with Gasteiger partial charge in [0, 0.05) is 0 Å². The molecule has 0 aromatic carbocycles. The maximum absolute atomic E-state index is 6.25. The van der Waals surface area contributed by atoms with E-state index in [0.29, 0.717) is 0 Å². The van der Waals surface area contributed by atoms with Gasteiger partial charge in [-0.25, -0.2) is 0 Å². The second-order valence-electron chi connectivity index (χ2n) is 0. The first-order valence-electron chi connectivity index (χ1n) is 1.34. The first kappa shape index (κ1) is 72.5. The Kier molecular flexibility index (Phi) is 12800. The zero-order valence-electron chi connectivity index (χ0n) is 8.04. The van der Waals surface area contributed by atoms with E-state index in [1.54, 1.807) is 0 Å². The Morgan fingerprint density at radius 1 is 0.429 bits per heavy atom. The summed E-state index contributed by atoms with van der Waals surface area (Å²) in [4.78, 5) is 0. The Bertz CT molecular complexity index is 103. The fourth-order valence-corrected chi connectivity index (χ4v) is 0. The quantitative estimate of drug-likeness (QED) is 0.338. The third-order valence-corrected chi connectivity index (χ3v) is 0. The summed E-state index contributed by atoms with van der Waals surface area (Å²) in [5.74, 6) is 0. The Balaban J connectivity index is -0.00000000396. The molecular weight excluding hydrogens is 385 g/mol. The van der Waals surface area contributed by atoms with Crippen molar-refractivity contribution in [2.24, 2.45) is 0 Å². The summed E-state index contributed by atoms with van der Waals surface area (Å²) in [6.45, 7) is 28.5. The van der Waals surface area contributed by atoms with Gasteiger partial charge in [-0.3, -0.25) is 0 Å². The molecule has 0 heterocycles. The van der Waals surface area contributed by atoms with Gasteiger partial charge in [0.2, 0.25) is 0 Å². The van der Waals surface area contributed by atoms with Crippen LogP contribution in [0.2, 0.25) is 0 Å². The molecule has 6 nitrogen and oxygen atoms in total. The summed E-state index contributed by atoms with van der Waals surface area (Å²) in [5, 5.41) is 37.5. The van der Waals surface area contributed by atoms with Crippen LogP contribution in [0.25, 0.3) is 0 Å². The third kappa shape index (κ3) is 1890. The second kappa shape index (κ2) is 2480. The Morgan fingerprint density at radius 3 is 0.429 bits per heavy atom. The molecule has 0 amide bonds. The SMILES string of the molecule is [C-]#N.[C-]#N.[C-]#N.[C-]#N.[C-]#N.[C-]#N.[H-].[K+].[Os+6]. The molecule has 0 atom stereocenters. The molecule has 0 radical (unpaired) electrons. The minimum atomic E-state index is 0. The van der Waals surface area contributed by atoms with Crippen molar-refractivity contribution in [1.29, 1.82) is 31.6 Å². The molecule has 0 N–H and O–H groups in total. The van der Waals surface area contributed by atoms with Gasteiger partial charge in [0.05, 0.1) is 0 Å². The minimum Gasteiger partial charge on any atom is -1.00 e. The van der Waals surface area contributed by atoms with Crippen molar-refractivity contribution in [2.45, 2.75) is 0 Å². The molecule has 0 aliphatic carbocycles. The number of hydrogen-bond donors (Lipinski definition) is 0. The van der Waals surface area contributed by atoms with Gasteiger partial charge in [0.15, 0.2) is 0 Å². The topological polar surface area (TPSA) is 143 Å². The first-order chi connectivity index (χ1) is 6.00. The summed E-state index contributed by atoms with van der Waals surface area (Å²) < 4.78 is 0. The maximum atomic E-state index is 6.25. The molecule has 14 heavy (non-hydrogen) atoms. The van der Waals surface area contributed by atoms with Crippen molar-refractivity contribution < 1.29 is 72.6 Å². The van der Waals surface area contributed by atoms with Crippen LogP contribution < -0.4 is 51.4 Å². The van der Waals surface area contributed by atoms with E-state index in [9.17, 15) is 0 Å². The molecule has 0 aromatic heterocycles. The summed E-state index contributed by atoms with van der Waals surface area (Å²) >= 11 is 0. The van der Waals surface area contributed by atoms with Gasteiger partial charge in [-0.15, -0.1) is 0 Å². The smallest absolute Gasteiger partial charge is 1.00 e. The summed E-state index contributed by atoms with van der Waals surface area (Å²) in [6, 6.07) is 0. The van der Waals surface area contributed by atoms with Gasteiger partial charge in [-0.05, 0) is 0 Å². The van der Waals surface area contributed by atoms with Crippen LogP contribution in [-0.4, -0.2) is 0 Å². The Labute approximate surface area is 142 Å². The van der Waals surface area contributed by atoms with Crippen molar-refractivity contribution in [3.8, 4) is 0 Å². The molecule has 8 heteroatoms. The van der Waals surface area contributed by atoms with Crippen LogP contribution in [0.3, 0.4) is 0 Å². The van der Waals surface area contributed by atoms with Crippen LogP contribution in [0.4, 0.5) is 0 Å². The van der Waals surface area contributed by atoms with Gasteiger partial charge in [0.25, 0.3) is 0 Å². The molecule has 0 aromatic rings. The molecular formula is C6HKN6Os. The van der Waals surface area contributed by atoms with Gasteiger partial charge < -0.3 is 72.4 Å². The van der Waals surface area contributed by atoms with E-state index >= 15 is 0 Å². The van der Waals surface area contributed by atoms with Crippen molar-refractivity contribution in [2.75, 3.05) is 0 Å². The van der Waals surface area contributed by atoms with Crippen molar-refractivity contribution >= 4 is 0 Å². The van der Waals surface area contributed by atoms with Crippen molar-refractivity contribution in [3.05, 3.63) is 39.4 Å². The summed E-state index contributed by atoms with van der Waals surface area (Å²) in [6.07, 6.45) is 0. The van der Waals surface area contributed by atoms with Gasteiger partial charge >= 0.3 is 71.2 Å². The van der Waals surface area contributed by atoms with E-state index < -0.39 is 0 Å². The van der Waals surface area contributed by atoms with Crippen LogP contribution in [0.15, 0.2) is 0 Å². The fraction of sp³-hybridized carbons (Fsp3) is 0. The number of nitrogens with zero attached hydrogens (tertiary/aromatic N) is 6. The van der Waals surface area contributed by atoms with Crippen LogP contribution in [0.1, 0.15) is 1.43 Å². The zero-order chi connectivity index (χ0) is 12.0. The van der Waals surface area contributed by atoms with E-state index in [4.69, 9.17) is 71.0 Å².